The van der Waals surface area contributed by atoms with Crippen LogP contribution in [0, 0.1) is 5.92 Å². The lowest BCUT2D eigenvalue weighted by Gasteiger charge is -2.28. The Morgan fingerprint density at radius 1 is 0.923 bits per heavy atom. The Bertz CT molecular complexity index is 984. The predicted molar refractivity (Wildman–Crippen MR) is 160 cm³/mol. The van der Waals surface area contributed by atoms with Gasteiger partial charge in [-0.25, -0.2) is 9.18 Å². The van der Waals surface area contributed by atoms with Gasteiger partial charge < -0.3 is 9.47 Å². The third-order valence-corrected chi connectivity index (χ3v) is 8.29. The molecular weight excluding hydrogens is 511 g/mol. The van der Waals surface area contributed by atoms with Crippen molar-refractivity contribution in [3.8, 4) is 16.9 Å². The van der Waals surface area contributed by atoms with Crippen molar-refractivity contribution in [3.05, 3.63) is 53.1 Å². The van der Waals surface area contributed by atoms with E-state index in [0.717, 1.165) is 74.7 Å². The van der Waals surface area contributed by atoms with Gasteiger partial charge in [0.05, 0.1) is 11.1 Å². The highest BCUT2D eigenvalue weighted by atomic mass is 35.5. The van der Waals surface area contributed by atoms with Crippen molar-refractivity contribution in [2.45, 2.75) is 129 Å². The molecule has 0 unspecified atom stereocenters. The highest BCUT2D eigenvalue weighted by Crippen LogP contribution is 2.33. The molecule has 2 atom stereocenters. The number of rotatable bonds is 16. The minimum Gasteiger partial charge on any atom is -0.489 e. The fourth-order valence-corrected chi connectivity index (χ4v) is 5.65. The first-order chi connectivity index (χ1) is 18.9. The van der Waals surface area contributed by atoms with Gasteiger partial charge in [0.2, 0.25) is 0 Å². The van der Waals surface area contributed by atoms with Crippen LogP contribution in [0.4, 0.5) is 4.39 Å². The minimum absolute atomic E-state index is 0.120. The number of halogens is 2. The Hall–Kier alpha value is -2.07. The van der Waals surface area contributed by atoms with Crippen LogP contribution < -0.4 is 4.74 Å². The number of ether oxygens (including phenoxy) is 2. The maximum absolute atomic E-state index is 13.9. The van der Waals surface area contributed by atoms with Crippen molar-refractivity contribution in [2.75, 3.05) is 0 Å². The fourth-order valence-electron chi connectivity index (χ4n) is 5.42. The molecule has 0 spiro atoms. The first-order valence-electron chi connectivity index (χ1n) is 15.3. The molecule has 0 amide bonds. The van der Waals surface area contributed by atoms with Gasteiger partial charge in [0.1, 0.15) is 11.9 Å². The second-order valence-corrected chi connectivity index (χ2v) is 11.8. The molecular formula is C34H48ClFO3. The molecule has 1 saturated carbocycles. The monoisotopic (exact) mass is 558 g/mol. The fraction of sp³-hybridized carbons (Fsp3) is 0.618. The number of benzene rings is 2. The van der Waals surface area contributed by atoms with Gasteiger partial charge in [0.15, 0.2) is 6.17 Å². The predicted octanol–water partition coefficient (Wildman–Crippen LogP) is 10.3. The van der Waals surface area contributed by atoms with Gasteiger partial charge in [-0.2, -0.15) is 0 Å². The lowest BCUT2D eigenvalue weighted by atomic mass is 9.83. The van der Waals surface area contributed by atoms with Crippen LogP contribution in [0.15, 0.2) is 42.5 Å². The molecule has 2 aromatic rings. The Morgan fingerprint density at radius 3 is 2.28 bits per heavy atom. The Labute approximate surface area is 240 Å². The summed E-state index contributed by atoms with van der Waals surface area (Å²) in [6, 6.07) is 14.8. The van der Waals surface area contributed by atoms with Crippen molar-refractivity contribution in [1.29, 1.82) is 0 Å². The average molecular weight is 559 g/mol. The molecule has 0 aromatic heterocycles. The molecule has 216 valence electrons. The molecule has 3 nitrogen and oxygen atoms in total. The molecule has 0 aliphatic heterocycles. The Balaban J connectivity index is 1.41. The number of aryl methyl sites for hydroxylation is 1. The molecule has 0 heterocycles. The molecule has 5 heteroatoms. The van der Waals surface area contributed by atoms with E-state index in [4.69, 9.17) is 21.1 Å². The highest BCUT2D eigenvalue weighted by Gasteiger charge is 2.27. The molecule has 1 aliphatic rings. The SMILES string of the molecule is CCCCCC[C@H](C)Oc1ccc(-c2ccc(CC[C@H]3CC[C@H](OC(=O)[C@@H](F)CCCC)CC3)cc2)cc1Cl. The van der Waals surface area contributed by atoms with Gasteiger partial charge in [-0.05, 0) is 99.5 Å². The van der Waals surface area contributed by atoms with E-state index in [0.29, 0.717) is 10.9 Å². The van der Waals surface area contributed by atoms with Crippen molar-refractivity contribution in [2.24, 2.45) is 5.92 Å². The van der Waals surface area contributed by atoms with Gasteiger partial charge in [-0.3, -0.25) is 0 Å². The van der Waals surface area contributed by atoms with Crippen LogP contribution in [-0.4, -0.2) is 24.3 Å². The van der Waals surface area contributed by atoms with Gasteiger partial charge in [-0.15, -0.1) is 0 Å². The summed E-state index contributed by atoms with van der Waals surface area (Å²) in [5.41, 5.74) is 3.56. The van der Waals surface area contributed by atoms with Crippen LogP contribution in [-0.2, 0) is 16.0 Å². The summed E-state index contributed by atoms with van der Waals surface area (Å²) >= 11 is 6.58. The van der Waals surface area contributed by atoms with Crippen LogP contribution in [0.5, 0.6) is 5.75 Å². The van der Waals surface area contributed by atoms with Gasteiger partial charge in [-0.1, -0.05) is 87.9 Å². The normalized spacial score (nSPS) is 18.9. The quantitative estimate of drug-likeness (QED) is 0.152. The standard InChI is InChI=1S/C34H48ClFO3/c1-4-6-8-9-10-25(3)38-33-23-20-29(24-31(33)35)28-18-14-26(15-19-28)12-13-27-16-21-30(22-17-27)39-34(37)32(36)11-7-5-2/h14-15,18-20,23-25,27,30,32H,4-13,16-17,21-22H2,1-3H3/t25-,27-,30-,32-/m0/s1. The molecule has 39 heavy (non-hydrogen) atoms. The molecule has 0 saturated heterocycles. The zero-order valence-electron chi connectivity index (χ0n) is 24.2. The van der Waals surface area contributed by atoms with E-state index in [9.17, 15) is 9.18 Å². The second kappa shape index (κ2) is 16.9. The van der Waals surface area contributed by atoms with E-state index in [1.54, 1.807) is 0 Å². The van der Waals surface area contributed by atoms with Crippen molar-refractivity contribution in [3.63, 3.8) is 0 Å². The van der Waals surface area contributed by atoms with Gasteiger partial charge in [0.25, 0.3) is 0 Å². The summed E-state index contributed by atoms with van der Waals surface area (Å²) in [4.78, 5) is 12.0. The van der Waals surface area contributed by atoms with Crippen molar-refractivity contribution >= 4 is 17.6 Å². The number of unbranched alkanes of at least 4 members (excludes halogenated alkanes) is 4. The average Bonchev–Trinajstić information content (AvgIpc) is 2.95. The molecule has 2 aromatic carbocycles. The molecule has 0 radical (unpaired) electrons. The van der Waals surface area contributed by atoms with Crippen LogP contribution in [0.1, 0.15) is 110 Å². The summed E-state index contributed by atoms with van der Waals surface area (Å²) in [7, 11) is 0. The van der Waals surface area contributed by atoms with Crippen LogP contribution in [0.25, 0.3) is 11.1 Å². The summed E-state index contributed by atoms with van der Waals surface area (Å²) in [5, 5.41) is 0.654. The number of carbonyl (C=O) groups excluding carboxylic acids is 1. The number of carbonyl (C=O) groups is 1. The summed E-state index contributed by atoms with van der Waals surface area (Å²) in [6.45, 7) is 6.34. The first kappa shape index (κ1) is 31.5. The zero-order chi connectivity index (χ0) is 28.0. The molecule has 3 rings (SSSR count). The van der Waals surface area contributed by atoms with E-state index >= 15 is 0 Å². The minimum atomic E-state index is -1.47. The number of hydrogen-bond acceptors (Lipinski definition) is 3. The largest absolute Gasteiger partial charge is 0.489 e. The van der Waals surface area contributed by atoms with Crippen LogP contribution >= 0.6 is 11.6 Å². The maximum atomic E-state index is 13.9. The number of alkyl halides is 1. The highest BCUT2D eigenvalue weighted by molar-refractivity contribution is 6.32. The second-order valence-electron chi connectivity index (χ2n) is 11.3. The van der Waals surface area contributed by atoms with Crippen LogP contribution in [0.2, 0.25) is 5.02 Å². The third-order valence-electron chi connectivity index (χ3n) is 8.00. The van der Waals surface area contributed by atoms with Crippen LogP contribution in [0.3, 0.4) is 0 Å². The van der Waals surface area contributed by atoms with Gasteiger partial charge in [0, 0.05) is 0 Å². The number of hydrogen-bond donors (Lipinski definition) is 0. The topological polar surface area (TPSA) is 35.5 Å². The summed E-state index contributed by atoms with van der Waals surface area (Å²) < 4.78 is 25.5. The Morgan fingerprint density at radius 2 is 1.62 bits per heavy atom. The maximum Gasteiger partial charge on any atom is 0.340 e. The molecule has 1 aliphatic carbocycles. The summed E-state index contributed by atoms with van der Waals surface area (Å²) in [6.07, 6.45) is 12.4. The lowest BCUT2D eigenvalue weighted by Crippen LogP contribution is -2.29. The van der Waals surface area contributed by atoms with E-state index in [-0.39, 0.29) is 18.6 Å². The molecule has 0 bridgehead atoms. The summed E-state index contributed by atoms with van der Waals surface area (Å²) in [5.74, 6) is 0.717. The number of esters is 1. The first-order valence-corrected chi connectivity index (χ1v) is 15.7. The van der Waals surface area contributed by atoms with E-state index in [2.05, 4.69) is 44.2 Å². The smallest absolute Gasteiger partial charge is 0.340 e. The van der Waals surface area contributed by atoms with Crippen molar-refractivity contribution < 1.29 is 18.7 Å². The Kier molecular flexibility index (Phi) is 13.6. The lowest BCUT2D eigenvalue weighted by molar-refractivity contribution is -0.157. The van der Waals surface area contributed by atoms with E-state index in [1.807, 2.05) is 19.1 Å². The molecule has 0 N–H and O–H groups in total. The van der Waals surface area contributed by atoms with Gasteiger partial charge >= 0.3 is 5.97 Å². The van der Waals surface area contributed by atoms with E-state index in [1.165, 1.54) is 31.2 Å². The zero-order valence-corrected chi connectivity index (χ0v) is 25.0. The van der Waals surface area contributed by atoms with Crippen molar-refractivity contribution in [1.82, 2.24) is 0 Å². The molecule has 1 fully saturated rings. The third kappa shape index (κ3) is 10.8. The van der Waals surface area contributed by atoms with E-state index < -0.39 is 12.1 Å².